The molecular formula is C10H11BrO2S. The van der Waals surface area contributed by atoms with Crippen molar-refractivity contribution >= 4 is 25.8 Å². The predicted molar refractivity (Wildman–Crippen MR) is 58.9 cm³/mol. The Hall–Kier alpha value is -0.350. The van der Waals surface area contributed by atoms with Crippen molar-refractivity contribution in [3.63, 3.8) is 0 Å². The molecule has 0 N–H and O–H groups in total. The Balaban J connectivity index is 2.35. The van der Waals surface area contributed by atoms with Gasteiger partial charge in [0.05, 0.1) is 10.1 Å². The summed E-state index contributed by atoms with van der Waals surface area (Å²) < 4.78 is 24.7. The first-order valence-electron chi connectivity index (χ1n) is 4.51. The van der Waals surface area contributed by atoms with Gasteiger partial charge in [-0.2, -0.15) is 0 Å². The first kappa shape index (κ1) is 10.2. The van der Waals surface area contributed by atoms with E-state index in [-0.39, 0.29) is 5.25 Å². The fourth-order valence-corrected chi connectivity index (χ4v) is 3.82. The standard InChI is InChI=1S/C10H11BrO2S/c1-7-6-10(7)14(12,13)9-4-2-8(11)3-5-9/h2-5,7,10H,6H2,1H3. The topological polar surface area (TPSA) is 34.1 Å². The van der Waals surface area contributed by atoms with Crippen LogP contribution in [0.4, 0.5) is 0 Å². The van der Waals surface area contributed by atoms with Crippen molar-refractivity contribution in [2.45, 2.75) is 23.5 Å². The fraction of sp³-hybridized carbons (Fsp3) is 0.400. The lowest BCUT2D eigenvalue weighted by atomic mass is 10.4. The van der Waals surface area contributed by atoms with Crippen LogP contribution in [0.3, 0.4) is 0 Å². The fourth-order valence-electron chi connectivity index (χ4n) is 1.52. The summed E-state index contributed by atoms with van der Waals surface area (Å²) in [6.45, 7) is 1.97. The number of hydrogen-bond donors (Lipinski definition) is 0. The summed E-state index contributed by atoms with van der Waals surface area (Å²) in [5.41, 5.74) is 0. The van der Waals surface area contributed by atoms with E-state index in [0.29, 0.717) is 10.8 Å². The molecule has 1 fully saturated rings. The highest BCUT2D eigenvalue weighted by Gasteiger charge is 2.44. The number of halogens is 1. The Bertz CT molecular complexity index is 436. The molecule has 2 atom stereocenters. The molecule has 0 spiro atoms. The molecule has 1 aromatic carbocycles. The Morgan fingerprint density at radius 3 is 2.21 bits per heavy atom. The first-order valence-corrected chi connectivity index (χ1v) is 6.85. The van der Waals surface area contributed by atoms with Gasteiger partial charge in [0.2, 0.25) is 0 Å². The Morgan fingerprint density at radius 1 is 1.29 bits per heavy atom. The van der Waals surface area contributed by atoms with E-state index in [4.69, 9.17) is 0 Å². The molecule has 1 saturated carbocycles. The minimum absolute atomic E-state index is 0.149. The van der Waals surface area contributed by atoms with Crippen molar-refractivity contribution in [3.8, 4) is 0 Å². The van der Waals surface area contributed by atoms with Crippen LogP contribution in [-0.4, -0.2) is 13.7 Å². The summed E-state index contributed by atoms with van der Waals surface area (Å²) in [6, 6.07) is 6.84. The molecular weight excluding hydrogens is 264 g/mol. The van der Waals surface area contributed by atoms with Gasteiger partial charge in [0.1, 0.15) is 0 Å². The lowest BCUT2D eigenvalue weighted by Crippen LogP contribution is -2.08. The summed E-state index contributed by atoms with van der Waals surface area (Å²) in [6.07, 6.45) is 0.804. The van der Waals surface area contributed by atoms with E-state index in [2.05, 4.69) is 15.9 Å². The van der Waals surface area contributed by atoms with Crippen molar-refractivity contribution in [3.05, 3.63) is 28.7 Å². The highest BCUT2D eigenvalue weighted by atomic mass is 79.9. The maximum absolute atomic E-state index is 11.9. The minimum atomic E-state index is -3.05. The molecule has 4 heteroatoms. The highest BCUT2D eigenvalue weighted by molar-refractivity contribution is 9.10. The second-order valence-electron chi connectivity index (χ2n) is 3.75. The van der Waals surface area contributed by atoms with Gasteiger partial charge in [-0.3, -0.25) is 0 Å². The van der Waals surface area contributed by atoms with Crippen LogP contribution in [0.25, 0.3) is 0 Å². The Morgan fingerprint density at radius 2 is 1.79 bits per heavy atom. The molecule has 0 aromatic heterocycles. The molecule has 1 aliphatic carbocycles. The molecule has 14 heavy (non-hydrogen) atoms. The maximum atomic E-state index is 11.9. The second kappa shape index (κ2) is 3.35. The van der Waals surface area contributed by atoms with Crippen LogP contribution in [0.15, 0.2) is 33.6 Å². The lowest BCUT2D eigenvalue weighted by molar-refractivity contribution is 0.593. The average Bonchev–Trinajstić information content (AvgIpc) is 2.84. The van der Waals surface area contributed by atoms with Gasteiger partial charge in [0.15, 0.2) is 9.84 Å². The molecule has 0 radical (unpaired) electrons. The number of benzene rings is 1. The van der Waals surface area contributed by atoms with Gasteiger partial charge in [-0.05, 0) is 36.6 Å². The normalized spacial score (nSPS) is 26.1. The predicted octanol–water partition coefficient (Wildman–Crippen LogP) is 2.63. The number of rotatable bonds is 2. The quantitative estimate of drug-likeness (QED) is 0.831. The zero-order chi connectivity index (χ0) is 10.3. The van der Waals surface area contributed by atoms with E-state index in [0.717, 1.165) is 10.9 Å². The molecule has 2 nitrogen and oxygen atoms in total. The average molecular weight is 275 g/mol. The SMILES string of the molecule is CC1CC1S(=O)(=O)c1ccc(Br)cc1. The van der Waals surface area contributed by atoms with Gasteiger partial charge >= 0.3 is 0 Å². The van der Waals surface area contributed by atoms with Crippen molar-refractivity contribution in [2.24, 2.45) is 5.92 Å². The van der Waals surface area contributed by atoms with Crippen molar-refractivity contribution in [1.29, 1.82) is 0 Å². The number of sulfone groups is 1. The van der Waals surface area contributed by atoms with E-state index in [1.54, 1.807) is 24.3 Å². The van der Waals surface area contributed by atoms with Crippen LogP contribution in [0.5, 0.6) is 0 Å². The molecule has 0 amide bonds. The van der Waals surface area contributed by atoms with Gasteiger partial charge in [-0.15, -0.1) is 0 Å². The van der Waals surface area contributed by atoms with Crippen LogP contribution < -0.4 is 0 Å². The van der Waals surface area contributed by atoms with Crippen molar-refractivity contribution in [1.82, 2.24) is 0 Å². The van der Waals surface area contributed by atoms with E-state index < -0.39 is 9.84 Å². The zero-order valence-corrected chi connectivity index (χ0v) is 10.2. The van der Waals surface area contributed by atoms with Crippen LogP contribution >= 0.6 is 15.9 Å². The van der Waals surface area contributed by atoms with E-state index in [1.165, 1.54) is 0 Å². The maximum Gasteiger partial charge on any atom is 0.181 e. The molecule has 1 aliphatic rings. The van der Waals surface area contributed by atoms with Crippen LogP contribution in [0, 0.1) is 5.92 Å². The highest BCUT2D eigenvalue weighted by Crippen LogP contribution is 2.39. The molecule has 1 aromatic rings. The second-order valence-corrected chi connectivity index (χ2v) is 6.83. The van der Waals surface area contributed by atoms with Crippen LogP contribution in [0.1, 0.15) is 13.3 Å². The molecule has 2 rings (SSSR count). The largest absolute Gasteiger partial charge is 0.223 e. The number of hydrogen-bond acceptors (Lipinski definition) is 2. The first-order chi connectivity index (χ1) is 6.51. The Labute approximate surface area is 92.4 Å². The van der Waals surface area contributed by atoms with E-state index in [1.807, 2.05) is 6.92 Å². The summed E-state index contributed by atoms with van der Waals surface area (Å²) in [5.74, 6) is 0.323. The van der Waals surface area contributed by atoms with Gasteiger partial charge in [0, 0.05) is 4.47 Å². The third-order valence-electron chi connectivity index (χ3n) is 2.58. The van der Waals surface area contributed by atoms with Crippen molar-refractivity contribution in [2.75, 3.05) is 0 Å². The lowest BCUT2D eigenvalue weighted by Gasteiger charge is -2.02. The summed E-state index contributed by atoms with van der Waals surface area (Å²) >= 11 is 3.28. The van der Waals surface area contributed by atoms with Crippen LogP contribution in [0.2, 0.25) is 0 Å². The van der Waals surface area contributed by atoms with Gasteiger partial charge in [-0.25, -0.2) is 8.42 Å². The monoisotopic (exact) mass is 274 g/mol. The van der Waals surface area contributed by atoms with Crippen LogP contribution in [-0.2, 0) is 9.84 Å². The van der Waals surface area contributed by atoms with E-state index in [9.17, 15) is 8.42 Å². The van der Waals surface area contributed by atoms with Gasteiger partial charge in [0.25, 0.3) is 0 Å². The summed E-state index contributed by atoms with van der Waals surface area (Å²) in [5, 5.41) is -0.149. The molecule has 0 saturated heterocycles. The third-order valence-corrected chi connectivity index (χ3v) is 5.49. The smallest absolute Gasteiger partial charge is 0.181 e. The summed E-state index contributed by atoms with van der Waals surface area (Å²) in [7, 11) is -3.05. The zero-order valence-electron chi connectivity index (χ0n) is 7.77. The molecule has 0 bridgehead atoms. The molecule has 76 valence electrons. The van der Waals surface area contributed by atoms with Crippen molar-refractivity contribution < 1.29 is 8.42 Å². The molecule has 0 heterocycles. The van der Waals surface area contributed by atoms with E-state index >= 15 is 0 Å². The third kappa shape index (κ3) is 1.73. The summed E-state index contributed by atoms with van der Waals surface area (Å²) in [4.78, 5) is 0.440. The van der Waals surface area contributed by atoms with Gasteiger partial charge < -0.3 is 0 Å². The Kier molecular flexibility index (Phi) is 2.43. The minimum Gasteiger partial charge on any atom is -0.223 e. The van der Waals surface area contributed by atoms with Gasteiger partial charge in [-0.1, -0.05) is 22.9 Å². The molecule has 0 aliphatic heterocycles. The molecule has 2 unspecified atom stereocenters.